The number of nitrogens with one attached hydrogen (secondary N) is 1. The van der Waals surface area contributed by atoms with Crippen molar-refractivity contribution in [2.45, 2.75) is 17.7 Å². The van der Waals surface area contributed by atoms with Crippen molar-refractivity contribution in [3.63, 3.8) is 0 Å². The van der Waals surface area contributed by atoms with E-state index in [1.165, 1.54) is 0 Å². The van der Waals surface area contributed by atoms with Crippen molar-refractivity contribution in [3.05, 3.63) is 96.6 Å². The molecule has 35 heavy (non-hydrogen) atoms. The quantitative estimate of drug-likeness (QED) is 0.283. The van der Waals surface area contributed by atoms with E-state index in [0.29, 0.717) is 23.6 Å². The Morgan fingerprint density at radius 3 is 2.26 bits per heavy atom. The molecule has 180 valence electrons. The lowest BCUT2D eigenvalue weighted by atomic mass is 10.1. The van der Waals surface area contributed by atoms with Crippen molar-refractivity contribution < 1.29 is 27.8 Å². The molecule has 0 spiro atoms. The van der Waals surface area contributed by atoms with Crippen LogP contribution in [0.1, 0.15) is 12.0 Å². The summed E-state index contributed by atoms with van der Waals surface area (Å²) in [6.45, 7) is 0.551. The van der Waals surface area contributed by atoms with Crippen molar-refractivity contribution in [3.8, 4) is 11.5 Å². The molecule has 0 amide bonds. The number of aliphatic carboxylic acids is 1. The topological polar surface area (TPSA) is 102 Å². The van der Waals surface area contributed by atoms with E-state index >= 15 is 0 Å². The van der Waals surface area contributed by atoms with Crippen LogP contribution in [0, 0.1) is 0 Å². The van der Waals surface area contributed by atoms with E-state index < -0.39 is 16.0 Å². The lowest BCUT2D eigenvalue weighted by molar-refractivity contribution is -0.136. The number of aryl methyl sites for hydroxylation is 1. The van der Waals surface area contributed by atoms with Crippen LogP contribution in [0.25, 0.3) is 10.8 Å². The Morgan fingerprint density at radius 1 is 0.800 bits per heavy atom. The van der Waals surface area contributed by atoms with Crippen molar-refractivity contribution in [2.24, 2.45) is 0 Å². The fourth-order valence-corrected chi connectivity index (χ4v) is 4.67. The van der Waals surface area contributed by atoms with E-state index in [9.17, 15) is 13.2 Å². The third kappa shape index (κ3) is 6.51. The standard InChI is InChI=1S/C27H25NO6S/c29-27(30)16-10-21-6-3-4-8-26(21)34-18-17-33-24-13-11-23(12-14-24)28-35(31,32)25-15-9-20-5-1-2-7-22(20)19-25/h1-9,11-15,19,28H,10,16-18H2,(H,29,30). The van der Waals surface area contributed by atoms with Crippen LogP contribution >= 0.6 is 0 Å². The molecule has 0 unspecified atom stereocenters. The van der Waals surface area contributed by atoms with E-state index in [1.54, 1.807) is 48.5 Å². The Bertz CT molecular complexity index is 1420. The highest BCUT2D eigenvalue weighted by molar-refractivity contribution is 7.92. The highest BCUT2D eigenvalue weighted by Crippen LogP contribution is 2.23. The molecule has 0 aliphatic rings. The molecule has 0 aromatic heterocycles. The molecule has 2 N–H and O–H groups in total. The van der Waals surface area contributed by atoms with Gasteiger partial charge in [0, 0.05) is 12.1 Å². The van der Waals surface area contributed by atoms with Gasteiger partial charge in [-0.3, -0.25) is 9.52 Å². The maximum atomic E-state index is 12.8. The Labute approximate surface area is 204 Å². The predicted octanol–water partition coefficient (Wildman–Crippen LogP) is 5.12. The van der Waals surface area contributed by atoms with Gasteiger partial charge in [-0.25, -0.2) is 8.42 Å². The zero-order valence-electron chi connectivity index (χ0n) is 18.9. The first-order chi connectivity index (χ1) is 16.9. The van der Waals surface area contributed by atoms with Gasteiger partial charge in [0.1, 0.15) is 24.7 Å². The average molecular weight is 492 g/mol. The van der Waals surface area contributed by atoms with Gasteiger partial charge in [0.25, 0.3) is 10.0 Å². The molecule has 0 saturated heterocycles. The maximum Gasteiger partial charge on any atom is 0.303 e. The first-order valence-corrected chi connectivity index (χ1v) is 12.6. The van der Waals surface area contributed by atoms with Crippen molar-refractivity contribution in [2.75, 3.05) is 17.9 Å². The minimum Gasteiger partial charge on any atom is -0.490 e. The molecule has 8 heteroatoms. The second kappa shape index (κ2) is 10.9. The van der Waals surface area contributed by atoms with E-state index in [-0.39, 0.29) is 24.5 Å². The molecule has 0 aliphatic carbocycles. The summed E-state index contributed by atoms with van der Waals surface area (Å²) >= 11 is 0. The van der Waals surface area contributed by atoms with Crippen LogP contribution < -0.4 is 14.2 Å². The maximum absolute atomic E-state index is 12.8. The van der Waals surface area contributed by atoms with Gasteiger partial charge in [-0.1, -0.05) is 48.5 Å². The monoisotopic (exact) mass is 491 g/mol. The molecule has 0 atom stereocenters. The van der Waals surface area contributed by atoms with Crippen LogP contribution in [0.2, 0.25) is 0 Å². The summed E-state index contributed by atoms with van der Waals surface area (Å²) in [5.41, 5.74) is 1.26. The third-order valence-corrected chi connectivity index (χ3v) is 6.71. The van der Waals surface area contributed by atoms with E-state index in [0.717, 1.165) is 16.3 Å². The van der Waals surface area contributed by atoms with Crippen molar-refractivity contribution >= 4 is 32.5 Å². The molecule has 4 rings (SSSR count). The molecule has 0 fully saturated rings. The average Bonchev–Trinajstić information content (AvgIpc) is 2.86. The van der Waals surface area contributed by atoms with E-state index in [1.807, 2.05) is 42.5 Å². The van der Waals surface area contributed by atoms with Gasteiger partial charge in [0.05, 0.1) is 4.90 Å². The Kier molecular flexibility index (Phi) is 7.52. The lowest BCUT2D eigenvalue weighted by Gasteiger charge is -2.12. The largest absolute Gasteiger partial charge is 0.490 e. The van der Waals surface area contributed by atoms with Gasteiger partial charge in [-0.05, 0) is 65.2 Å². The molecule has 0 bridgehead atoms. The van der Waals surface area contributed by atoms with Gasteiger partial charge in [0.2, 0.25) is 0 Å². The van der Waals surface area contributed by atoms with Crippen LogP contribution in [0.4, 0.5) is 5.69 Å². The summed E-state index contributed by atoms with van der Waals surface area (Å²) in [5.74, 6) is 0.350. The summed E-state index contributed by atoms with van der Waals surface area (Å²) in [7, 11) is -3.73. The fraction of sp³-hybridized carbons (Fsp3) is 0.148. The number of ether oxygens (including phenoxy) is 2. The van der Waals surface area contributed by atoms with Gasteiger partial charge in [-0.15, -0.1) is 0 Å². The van der Waals surface area contributed by atoms with Crippen molar-refractivity contribution in [1.82, 2.24) is 0 Å². The second-order valence-corrected chi connectivity index (χ2v) is 9.52. The number of carboxylic acid groups (broad SMARTS) is 1. The minimum absolute atomic E-state index is 0.0356. The summed E-state index contributed by atoms with van der Waals surface area (Å²) in [6.07, 6.45) is 0.427. The van der Waals surface area contributed by atoms with Crippen LogP contribution in [0.15, 0.2) is 95.9 Å². The van der Waals surface area contributed by atoms with Crippen LogP contribution in [0.5, 0.6) is 11.5 Å². The molecule has 0 saturated carbocycles. The normalized spacial score (nSPS) is 11.2. The Hall–Kier alpha value is -4.04. The summed E-state index contributed by atoms with van der Waals surface area (Å²) in [6, 6.07) is 26.5. The first-order valence-electron chi connectivity index (χ1n) is 11.1. The first kappa shape index (κ1) is 24.1. The molecule has 4 aromatic rings. The van der Waals surface area contributed by atoms with Gasteiger partial charge < -0.3 is 14.6 Å². The van der Waals surface area contributed by atoms with Gasteiger partial charge in [0.15, 0.2) is 0 Å². The number of carboxylic acids is 1. The van der Waals surface area contributed by atoms with Gasteiger partial charge in [-0.2, -0.15) is 0 Å². The molecule has 7 nitrogen and oxygen atoms in total. The predicted molar refractivity (Wildman–Crippen MR) is 135 cm³/mol. The summed E-state index contributed by atoms with van der Waals surface area (Å²) in [5, 5.41) is 10.7. The Morgan fingerprint density at radius 2 is 1.49 bits per heavy atom. The SMILES string of the molecule is O=C(O)CCc1ccccc1OCCOc1ccc(NS(=O)(=O)c2ccc3ccccc3c2)cc1. The number of rotatable bonds is 11. The van der Waals surface area contributed by atoms with Crippen LogP contribution in [0.3, 0.4) is 0 Å². The lowest BCUT2D eigenvalue weighted by Crippen LogP contribution is -2.13. The van der Waals surface area contributed by atoms with Gasteiger partial charge >= 0.3 is 5.97 Å². The minimum atomic E-state index is -3.73. The number of hydrogen-bond donors (Lipinski definition) is 2. The molecule has 0 aliphatic heterocycles. The number of sulfonamides is 1. The molecular formula is C27H25NO6S. The number of para-hydroxylation sites is 1. The fourth-order valence-electron chi connectivity index (χ4n) is 3.57. The summed E-state index contributed by atoms with van der Waals surface area (Å²) < 4.78 is 39.6. The zero-order valence-corrected chi connectivity index (χ0v) is 19.7. The van der Waals surface area contributed by atoms with Crippen LogP contribution in [-0.4, -0.2) is 32.7 Å². The zero-order chi connectivity index (χ0) is 24.7. The number of carbonyl (C=O) groups is 1. The Balaban J connectivity index is 1.30. The van der Waals surface area contributed by atoms with Crippen molar-refractivity contribution in [1.29, 1.82) is 0 Å². The number of hydrogen-bond acceptors (Lipinski definition) is 5. The third-order valence-electron chi connectivity index (χ3n) is 5.33. The van der Waals surface area contributed by atoms with E-state index in [4.69, 9.17) is 14.6 Å². The second-order valence-electron chi connectivity index (χ2n) is 7.84. The van der Waals surface area contributed by atoms with Crippen LogP contribution in [-0.2, 0) is 21.2 Å². The molecule has 4 aromatic carbocycles. The highest BCUT2D eigenvalue weighted by Gasteiger charge is 2.15. The number of benzene rings is 4. The number of fused-ring (bicyclic) bond motifs is 1. The summed E-state index contributed by atoms with van der Waals surface area (Å²) in [4.78, 5) is 11.0. The highest BCUT2D eigenvalue weighted by atomic mass is 32.2. The molecule has 0 heterocycles. The number of anilines is 1. The van der Waals surface area contributed by atoms with E-state index in [2.05, 4.69) is 4.72 Å². The molecule has 0 radical (unpaired) electrons. The molecular weight excluding hydrogens is 466 g/mol. The smallest absolute Gasteiger partial charge is 0.303 e.